The average Bonchev–Trinajstić information content (AvgIpc) is 3.16. The highest BCUT2D eigenvalue weighted by atomic mass is 16.5. The molecule has 0 radical (unpaired) electrons. The van der Waals surface area contributed by atoms with Gasteiger partial charge in [0.2, 0.25) is 0 Å². The Labute approximate surface area is 125 Å². The number of benzene rings is 1. The molecule has 0 unspecified atom stereocenters. The number of nitrogens with one attached hydrogen (secondary N) is 1. The van der Waals surface area contributed by atoms with Crippen molar-refractivity contribution < 1.29 is 14.3 Å². The fraction of sp³-hybridized carbons (Fsp3) is 0.529. The Morgan fingerprint density at radius 1 is 1.19 bits per heavy atom. The van der Waals surface area contributed by atoms with Gasteiger partial charge in [0.15, 0.2) is 6.10 Å². The Bertz CT molecular complexity index is 521. The topological polar surface area (TPSA) is 55.4 Å². The lowest BCUT2D eigenvalue weighted by molar-refractivity contribution is -0.154. The van der Waals surface area contributed by atoms with Crippen LogP contribution in [0.25, 0.3) is 0 Å². The van der Waals surface area contributed by atoms with Crippen molar-refractivity contribution in [3.8, 4) is 0 Å². The molecule has 0 saturated heterocycles. The van der Waals surface area contributed by atoms with Crippen molar-refractivity contribution in [1.82, 2.24) is 0 Å². The molecule has 1 aromatic rings. The summed E-state index contributed by atoms with van der Waals surface area (Å²) in [5, 5.41) is 2.77. The van der Waals surface area contributed by atoms with Gasteiger partial charge >= 0.3 is 5.97 Å². The number of esters is 1. The number of carbonyl (C=O) groups is 2. The molecule has 1 aliphatic rings. The van der Waals surface area contributed by atoms with Crippen LogP contribution < -0.4 is 5.32 Å². The van der Waals surface area contributed by atoms with Crippen LogP contribution in [-0.4, -0.2) is 18.0 Å². The third kappa shape index (κ3) is 4.06. The first-order valence-corrected chi connectivity index (χ1v) is 7.49. The van der Waals surface area contributed by atoms with Crippen LogP contribution in [0, 0.1) is 11.8 Å². The number of anilines is 1. The molecule has 1 aliphatic carbocycles. The summed E-state index contributed by atoms with van der Waals surface area (Å²) in [6.07, 6.45) is 0.0965. The van der Waals surface area contributed by atoms with Crippen molar-refractivity contribution >= 4 is 17.6 Å². The minimum Gasteiger partial charge on any atom is -0.452 e. The summed E-state index contributed by atoms with van der Waals surface area (Å²) in [5.41, 5.74) is 1.93. The van der Waals surface area contributed by atoms with Crippen LogP contribution in [0.4, 0.5) is 5.69 Å². The molecule has 3 atom stereocenters. The van der Waals surface area contributed by atoms with E-state index >= 15 is 0 Å². The second-order valence-corrected chi connectivity index (χ2v) is 6.16. The molecule has 1 N–H and O–H groups in total. The summed E-state index contributed by atoms with van der Waals surface area (Å²) in [7, 11) is 0. The van der Waals surface area contributed by atoms with Crippen LogP contribution in [0.5, 0.6) is 0 Å². The maximum atomic E-state index is 12.0. The molecule has 0 spiro atoms. The van der Waals surface area contributed by atoms with Crippen molar-refractivity contribution in [2.45, 2.75) is 46.1 Å². The van der Waals surface area contributed by atoms with Gasteiger partial charge in [-0.25, -0.2) is 0 Å². The van der Waals surface area contributed by atoms with Gasteiger partial charge in [0.1, 0.15) is 0 Å². The standard InChI is InChI=1S/C17H23NO3/c1-10(2)13-5-7-14(8-6-13)18-16(19)12(4)21-17(20)15-9-11(15)3/h5-8,10-12,15H,9H2,1-4H3,(H,18,19)/t11-,12+,15+/m1/s1. The van der Waals surface area contributed by atoms with Crippen LogP contribution in [0.2, 0.25) is 0 Å². The largest absolute Gasteiger partial charge is 0.452 e. The smallest absolute Gasteiger partial charge is 0.309 e. The molecule has 0 heterocycles. The quantitative estimate of drug-likeness (QED) is 0.846. The molecular formula is C17H23NO3. The average molecular weight is 289 g/mol. The van der Waals surface area contributed by atoms with Crippen molar-refractivity contribution in [3.05, 3.63) is 29.8 Å². The fourth-order valence-corrected chi connectivity index (χ4v) is 2.16. The molecule has 0 bridgehead atoms. The van der Waals surface area contributed by atoms with Gasteiger partial charge in [0.05, 0.1) is 5.92 Å². The van der Waals surface area contributed by atoms with E-state index in [4.69, 9.17) is 4.74 Å². The molecule has 114 valence electrons. The normalized spacial score (nSPS) is 21.8. The number of ether oxygens (including phenoxy) is 1. The van der Waals surface area contributed by atoms with E-state index in [1.165, 1.54) is 5.56 Å². The third-order valence-electron chi connectivity index (χ3n) is 3.92. The lowest BCUT2D eigenvalue weighted by Gasteiger charge is -2.14. The fourth-order valence-electron chi connectivity index (χ4n) is 2.16. The Hall–Kier alpha value is -1.84. The van der Waals surface area contributed by atoms with E-state index < -0.39 is 6.10 Å². The van der Waals surface area contributed by atoms with E-state index in [1.54, 1.807) is 6.92 Å². The molecule has 1 saturated carbocycles. The first-order chi connectivity index (χ1) is 9.88. The van der Waals surface area contributed by atoms with Crippen molar-refractivity contribution in [2.75, 3.05) is 5.32 Å². The summed E-state index contributed by atoms with van der Waals surface area (Å²) in [6, 6.07) is 7.71. The number of hydrogen-bond acceptors (Lipinski definition) is 3. The Morgan fingerprint density at radius 2 is 1.76 bits per heavy atom. The lowest BCUT2D eigenvalue weighted by atomic mass is 10.0. The lowest BCUT2D eigenvalue weighted by Crippen LogP contribution is -2.30. The van der Waals surface area contributed by atoms with Gasteiger partial charge in [0, 0.05) is 5.69 Å². The Morgan fingerprint density at radius 3 is 2.24 bits per heavy atom. The Kier molecular flexibility index (Phi) is 4.66. The maximum Gasteiger partial charge on any atom is 0.309 e. The highest BCUT2D eigenvalue weighted by molar-refractivity contribution is 5.95. The predicted molar refractivity (Wildman–Crippen MR) is 82.0 cm³/mol. The van der Waals surface area contributed by atoms with E-state index in [-0.39, 0.29) is 17.8 Å². The first kappa shape index (κ1) is 15.5. The van der Waals surface area contributed by atoms with Gasteiger partial charge in [-0.15, -0.1) is 0 Å². The van der Waals surface area contributed by atoms with Gasteiger partial charge in [-0.2, -0.15) is 0 Å². The molecule has 21 heavy (non-hydrogen) atoms. The highest BCUT2D eigenvalue weighted by Crippen LogP contribution is 2.38. The van der Waals surface area contributed by atoms with E-state index in [0.717, 1.165) is 6.42 Å². The van der Waals surface area contributed by atoms with Crippen LogP contribution in [-0.2, 0) is 14.3 Å². The summed E-state index contributed by atoms with van der Waals surface area (Å²) in [5.74, 6) is 0.256. The van der Waals surface area contributed by atoms with Crippen LogP contribution in [0.15, 0.2) is 24.3 Å². The molecule has 1 aromatic carbocycles. The number of amides is 1. The molecule has 4 heteroatoms. The van der Waals surface area contributed by atoms with Crippen LogP contribution in [0.1, 0.15) is 45.6 Å². The van der Waals surface area contributed by atoms with Gasteiger partial charge in [-0.05, 0) is 42.9 Å². The summed E-state index contributed by atoms with van der Waals surface area (Å²) < 4.78 is 5.19. The van der Waals surface area contributed by atoms with Crippen molar-refractivity contribution in [1.29, 1.82) is 0 Å². The summed E-state index contributed by atoms with van der Waals surface area (Å²) >= 11 is 0. The van der Waals surface area contributed by atoms with E-state index in [2.05, 4.69) is 19.2 Å². The third-order valence-corrected chi connectivity index (χ3v) is 3.92. The van der Waals surface area contributed by atoms with Gasteiger partial charge in [-0.1, -0.05) is 32.9 Å². The van der Waals surface area contributed by atoms with Gasteiger partial charge < -0.3 is 10.1 Å². The molecule has 1 fully saturated rings. The number of rotatable bonds is 5. The summed E-state index contributed by atoms with van der Waals surface area (Å²) in [4.78, 5) is 23.7. The minimum atomic E-state index is -0.768. The second kappa shape index (κ2) is 6.29. The zero-order valence-electron chi connectivity index (χ0n) is 13.1. The monoisotopic (exact) mass is 289 g/mol. The first-order valence-electron chi connectivity index (χ1n) is 7.49. The molecule has 0 aliphatic heterocycles. The second-order valence-electron chi connectivity index (χ2n) is 6.16. The van der Waals surface area contributed by atoms with E-state index in [0.29, 0.717) is 17.5 Å². The molecule has 4 nitrogen and oxygen atoms in total. The highest BCUT2D eigenvalue weighted by Gasteiger charge is 2.41. The molecular weight excluding hydrogens is 266 g/mol. The zero-order chi connectivity index (χ0) is 15.6. The zero-order valence-corrected chi connectivity index (χ0v) is 13.1. The van der Waals surface area contributed by atoms with Crippen LogP contribution >= 0.6 is 0 Å². The van der Waals surface area contributed by atoms with Crippen LogP contribution in [0.3, 0.4) is 0 Å². The predicted octanol–water partition coefficient (Wildman–Crippen LogP) is 3.34. The Balaban J connectivity index is 1.86. The van der Waals surface area contributed by atoms with Crippen molar-refractivity contribution in [3.63, 3.8) is 0 Å². The minimum absolute atomic E-state index is 0.0226. The molecule has 0 aromatic heterocycles. The molecule has 2 rings (SSSR count). The van der Waals surface area contributed by atoms with Gasteiger partial charge in [-0.3, -0.25) is 9.59 Å². The number of carbonyl (C=O) groups excluding carboxylic acids is 2. The summed E-state index contributed by atoms with van der Waals surface area (Å²) in [6.45, 7) is 7.84. The SMILES string of the molecule is CC(C)c1ccc(NC(=O)[C@H](C)OC(=O)[C@H]2C[C@H]2C)cc1. The van der Waals surface area contributed by atoms with Crippen molar-refractivity contribution in [2.24, 2.45) is 11.8 Å². The number of hydrogen-bond donors (Lipinski definition) is 1. The van der Waals surface area contributed by atoms with Gasteiger partial charge in [0.25, 0.3) is 5.91 Å². The maximum absolute atomic E-state index is 12.0. The van der Waals surface area contributed by atoms with E-state index in [9.17, 15) is 9.59 Å². The molecule has 1 amide bonds. The van der Waals surface area contributed by atoms with E-state index in [1.807, 2.05) is 31.2 Å².